The van der Waals surface area contributed by atoms with Crippen molar-refractivity contribution in [2.45, 2.75) is 20.3 Å². The summed E-state index contributed by atoms with van der Waals surface area (Å²) in [6.07, 6.45) is 0.293. The third-order valence-corrected chi connectivity index (χ3v) is 4.62. The fraction of sp³-hybridized carbons (Fsp3) is 0.158. The van der Waals surface area contributed by atoms with Gasteiger partial charge in [0.15, 0.2) is 0 Å². The van der Waals surface area contributed by atoms with Crippen LogP contribution < -0.4 is 0 Å². The van der Waals surface area contributed by atoms with Gasteiger partial charge in [-0.05, 0) is 61.4 Å². The molecule has 0 saturated heterocycles. The van der Waals surface area contributed by atoms with Gasteiger partial charge in [-0.3, -0.25) is 0 Å². The molecule has 0 bridgehead atoms. The maximum atomic E-state index is 5.74. The van der Waals surface area contributed by atoms with Crippen LogP contribution >= 0.6 is 15.9 Å². The summed E-state index contributed by atoms with van der Waals surface area (Å²) in [5, 5.41) is 12.2. The number of rotatable bonds is 4. The Hall–Kier alpha value is -2.80. The monoisotopic (exact) mass is 410 g/mol. The Kier molecular flexibility index (Phi) is 4.38. The zero-order chi connectivity index (χ0) is 18.1. The van der Waals surface area contributed by atoms with E-state index < -0.39 is 0 Å². The van der Waals surface area contributed by atoms with Gasteiger partial charge in [-0.25, -0.2) is 0 Å². The molecular weight excluding hydrogens is 396 g/mol. The summed E-state index contributed by atoms with van der Waals surface area (Å²) in [6, 6.07) is 13.7. The third kappa shape index (κ3) is 3.43. The molecule has 4 rings (SSSR count). The molecule has 0 aliphatic heterocycles. The summed E-state index contributed by atoms with van der Waals surface area (Å²) in [5.41, 5.74) is 4.18. The smallest absolute Gasteiger partial charge is 0.247 e. The van der Waals surface area contributed by atoms with Crippen LogP contribution in [0.25, 0.3) is 22.8 Å². The maximum absolute atomic E-state index is 5.74. The van der Waals surface area contributed by atoms with Crippen LogP contribution in [-0.2, 0) is 6.42 Å². The van der Waals surface area contributed by atoms with Crippen LogP contribution in [-0.4, -0.2) is 20.3 Å². The molecule has 2 heterocycles. The first kappa shape index (κ1) is 16.7. The predicted molar refractivity (Wildman–Crippen MR) is 99.4 cm³/mol. The highest BCUT2D eigenvalue weighted by atomic mass is 79.9. The largest absolute Gasteiger partial charge is 0.420 e. The van der Waals surface area contributed by atoms with E-state index in [0.29, 0.717) is 29.9 Å². The first-order valence-electron chi connectivity index (χ1n) is 8.07. The van der Waals surface area contributed by atoms with Crippen molar-refractivity contribution in [2.24, 2.45) is 0 Å². The van der Waals surface area contributed by atoms with Crippen LogP contribution in [0.5, 0.6) is 0 Å². The first-order valence-corrected chi connectivity index (χ1v) is 8.86. The Balaban J connectivity index is 1.52. The van der Waals surface area contributed by atoms with Crippen molar-refractivity contribution >= 4 is 15.9 Å². The summed E-state index contributed by atoms with van der Waals surface area (Å²) in [4.78, 5) is 4.39. The number of aromatic nitrogens is 4. The SMILES string of the molecule is Cc1ccc(-c2nnc(Cc3nc(-c4ccc(Br)cc4)no3)o2)cc1C. The Morgan fingerprint density at radius 2 is 1.65 bits per heavy atom. The lowest BCUT2D eigenvalue weighted by atomic mass is 10.1. The van der Waals surface area contributed by atoms with Gasteiger partial charge in [-0.15, -0.1) is 10.2 Å². The second kappa shape index (κ2) is 6.84. The van der Waals surface area contributed by atoms with Crippen LogP contribution in [0.4, 0.5) is 0 Å². The second-order valence-electron chi connectivity index (χ2n) is 6.00. The first-order chi connectivity index (χ1) is 12.6. The van der Waals surface area contributed by atoms with E-state index in [-0.39, 0.29) is 0 Å². The van der Waals surface area contributed by atoms with Crippen molar-refractivity contribution in [3.63, 3.8) is 0 Å². The van der Waals surface area contributed by atoms with E-state index in [1.54, 1.807) is 0 Å². The van der Waals surface area contributed by atoms with Crippen molar-refractivity contribution in [3.05, 3.63) is 69.8 Å². The molecule has 7 heteroatoms. The number of hydrogen-bond acceptors (Lipinski definition) is 6. The number of benzene rings is 2. The molecule has 0 atom stereocenters. The lowest BCUT2D eigenvalue weighted by Crippen LogP contribution is -1.88. The van der Waals surface area contributed by atoms with Gasteiger partial charge < -0.3 is 8.94 Å². The predicted octanol–water partition coefficient (Wildman–Crippen LogP) is 4.76. The molecule has 0 aliphatic carbocycles. The fourth-order valence-electron chi connectivity index (χ4n) is 2.49. The second-order valence-corrected chi connectivity index (χ2v) is 6.91. The molecule has 0 radical (unpaired) electrons. The van der Waals surface area contributed by atoms with E-state index >= 15 is 0 Å². The molecular formula is C19H15BrN4O2. The van der Waals surface area contributed by atoms with Gasteiger partial charge in [0, 0.05) is 15.6 Å². The van der Waals surface area contributed by atoms with Crippen LogP contribution in [0, 0.1) is 13.8 Å². The molecule has 0 spiro atoms. The van der Waals surface area contributed by atoms with Crippen LogP contribution in [0.1, 0.15) is 22.9 Å². The average molecular weight is 411 g/mol. The fourth-order valence-corrected chi connectivity index (χ4v) is 2.75. The van der Waals surface area contributed by atoms with Gasteiger partial charge in [0.1, 0.15) is 6.42 Å². The summed E-state index contributed by atoms with van der Waals surface area (Å²) in [5.74, 6) is 1.87. The Bertz CT molecular complexity index is 1050. The molecule has 0 amide bonds. The molecule has 0 saturated carbocycles. The van der Waals surface area contributed by atoms with Crippen LogP contribution in [0.2, 0.25) is 0 Å². The number of halogens is 1. The lowest BCUT2D eigenvalue weighted by molar-refractivity contribution is 0.374. The normalized spacial score (nSPS) is 11.0. The quantitative estimate of drug-likeness (QED) is 0.482. The molecule has 4 aromatic rings. The van der Waals surface area contributed by atoms with Crippen LogP contribution in [0.15, 0.2) is 55.9 Å². The molecule has 2 aromatic carbocycles. The minimum atomic E-state index is 0.293. The van der Waals surface area contributed by atoms with Gasteiger partial charge in [-0.2, -0.15) is 4.98 Å². The molecule has 26 heavy (non-hydrogen) atoms. The summed E-state index contributed by atoms with van der Waals surface area (Å²) < 4.78 is 12.0. The summed E-state index contributed by atoms with van der Waals surface area (Å²) in [7, 11) is 0. The topological polar surface area (TPSA) is 77.8 Å². The van der Waals surface area contributed by atoms with Crippen molar-refractivity contribution in [1.29, 1.82) is 0 Å². The van der Waals surface area contributed by atoms with Gasteiger partial charge in [0.05, 0.1) is 0 Å². The minimum Gasteiger partial charge on any atom is -0.420 e. The zero-order valence-electron chi connectivity index (χ0n) is 14.2. The molecule has 0 N–H and O–H groups in total. The average Bonchev–Trinajstić information content (AvgIpc) is 3.28. The van der Waals surface area contributed by atoms with E-state index in [2.05, 4.69) is 50.1 Å². The van der Waals surface area contributed by atoms with Crippen molar-refractivity contribution in [2.75, 3.05) is 0 Å². The lowest BCUT2D eigenvalue weighted by Gasteiger charge is -2.00. The van der Waals surface area contributed by atoms with Gasteiger partial charge in [-0.1, -0.05) is 27.2 Å². The number of nitrogens with zero attached hydrogens (tertiary/aromatic N) is 4. The van der Waals surface area contributed by atoms with Gasteiger partial charge in [0.25, 0.3) is 0 Å². The molecule has 0 unspecified atom stereocenters. The van der Waals surface area contributed by atoms with Crippen molar-refractivity contribution in [1.82, 2.24) is 20.3 Å². The highest BCUT2D eigenvalue weighted by molar-refractivity contribution is 9.10. The molecule has 130 valence electrons. The highest BCUT2D eigenvalue weighted by Gasteiger charge is 2.14. The maximum Gasteiger partial charge on any atom is 0.247 e. The van der Waals surface area contributed by atoms with Crippen molar-refractivity contribution in [3.8, 4) is 22.8 Å². The Labute approximate surface area is 158 Å². The van der Waals surface area contributed by atoms with Crippen LogP contribution in [0.3, 0.4) is 0 Å². The molecule has 2 aromatic heterocycles. The molecule has 6 nitrogen and oxygen atoms in total. The van der Waals surface area contributed by atoms with Gasteiger partial charge in [0.2, 0.25) is 23.5 Å². The summed E-state index contributed by atoms with van der Waals surface area (Å²) in [6.45, 7) is 4.12. The van der Waals surface area contributed by atoms with E-state index in [4.69, 9.17) is 8.94 Å². The molecule has 0 aliphatic rings. The number of hydrogen-bond donors (Lipinski definition) is 0. The van der Waals surface area contributed by atoms with E-state index in [1.807, 2.05) is 42.5 Å². The Morgan fingerprint density at radius 1 is 0.885 bits per heavy atom. The Morgan fingerprint density at radius 3 is 2.42 bits per heavy atom. The van der Waals surface area contributed by atoms with E-state index in [9.17, 15) is 0 Å². The van der Waals surface area contributed by atoms with Gasteiger partial charge >= 0.3 is 0 Å². The number of aryl methyl sites for hydroxylation is 2. The standard InChI is InChI=1S/C19H15BrN4O2/c1-11-3-4-14(9-12(11)2)19-23-22-17(25-19)10-16-21-18(24-26-16)13-5-7-15(20)8-6-13/h3-9H,10H2,1-2H3. The van der Waals surface area contributed by atoms with Crippen molar-refractivity contribution < 1.29 is 8.94 Å². The molecule has 0 fully saturated rings. The third-order valence-electron chi connectivity index (χ3n) is 4.09. The van der Waals surface area contributed by atoms with E-state index in [0.717, 1.165) is 15.6 Å². The minimum absolute atomic E-state index is 0.293. The van der Waals surface area contributed by atoms with E-state index in [1.165, 1.54) is 11.1 Å². The zero-order valence-corrected chi connectivity index (χ0v) is 15.8. The highest BCUT2D eigenvalue weighted by Crippen LogP contribution is 2.23. The summed E-state index contributed by atoms with van der Waals surface area (Å²) >= 11 is 3.41.